The quantitative estimate of drug-likeness (QED) is 0.766. The van der Waals surface area contributed by atoms with E-state index in [1.54, 1.807) is 12.5 Å². The molecule has 1 aromatic rings. The van der Waals surface area contributed by atoms with Crippen LogP contribution in [0.1, 0.15) is 19.0 Å². The van der Waals surface area contributed by atoms with Gasteiger partial charge in [0.15, 0.2) is 0 Å². The monoisotopic (exact) mass is 253 g/mol. The van der Waals surface area contributed by atoms with Crippen molar-refractivity contribution in [1.29, 1.82) is 0 Å². The molecule has 1 N–H and O–H groups in total. The maximum absolute atomic E-state index is 11.7. The molecule has 0 radical (unpaired) electrons. The molecule has 0 aliphatic carbocycles. The second kappa shape index (κ2) is 5.49. The van der Waals surface area contributed by atoms with Gasteiger partial charge in [0.05, 0.1) is 25.2 Å². The number of likely N-dealkylation sites (tertiary alicyclic amines) is 1. The summed E-state index contributed by atoms with van der Waals surface area (Å²) in [5, 5.41) is 9.70. The van der Waals surface area contributed by atoms with Crippen molar-refractivity contribution in [3.8, 4) is 0 Å². The van der Waals surface area contributed by atoms with Crippen LogP contribution in [0, 0.1) is 0 Å². The van der Waals surface area contributed by atoms with Crippen LogP contribution in [-0.4, -0.2) is 51.3 Å². The van der Waals surface area contributed by atoms with Gasteiger partial charge in [0.25, 0.3) is 0 Å². The predicted octanol–water partition coefficient (Wildman–Crippen LogP) is 0.0112. The number of hydrogen-bond donors (Lipinski definition) is 1. The third-order valence-corrected chi connectivity index (χ3v) is 3.36. The van der Waals surface area contributed by atoms with Gasteiger partial charge in [-0.15, -0.1) is 0 Å². The molecule has 0 bridgehead atoms. The van der Waals surface area contributed by atoms with Crippen molar-refractivity contribution in [3.63, 3.8) is 0 Å². The molecule has 100 valence electrons. The molecule has 6 heteroatoms. The topological polar surface area (TPSA) is 67.6 Å². The van der Waals surface area contributed by atoms with Crippen LogP contribution in [-0.2, 0) is 22.6 Å². The number of nitrogens with zero attached hydrogens (tertiary/aromatic N) is 3. The lowest BCUT2D eigenvalue weighted by Crippen LogP contribution is -2.36. The molecular weight excluding hydrogens is 234 g/mol. The zero-order chi connectivity index (χ0) is 13.1. The maximum Gasteiger partial charge on any atom is 0.323 e. The van der Waals surface area contributed by atoms with E-state index in [9.17, 15) is 9.90 Å². The van der Waals surface area contributed by atoms with Crippen molar-refractivity contribution < 1.29 is 14.6 Å². The highest BCUT2D eigenvalue weighted by Crippen LogP contribution is 2.21. The fraction of sp³-hybridized carbons (Fsp3) is 0.667. The van der Waals surface area contributed by atoms with Gasteiger partial charge >= 0.3 is 5.97 Å². The molecule has 0 spiro atoms. The fourth-order valence-corrected chi connectivity index (χ4v) is 2.41. The zero-order valence-electron chi connectivity index (χ0n) is 10.7. The van der Waals surface area contributed by atoms with E-state index in [2.05, 4.69) is 4.98 Å². The number of imidazole rings is 1. The van der Waals surface area contributed by atoms with Gasteiger partial charge < -0.3 is 14.4 Å². The van der Waals surface area contributed by atoms with E-state index in [1.165, 1.54) is 7.11 Å². The molecule has 2 heterocycles. The molecular formula is C12H19N3O3. The predicted molar refractivity (Wildman–Crippen MR) is 64.7 cm³/mol. The largest absolute Gasteiger partial charge is 0.468 e. The number of aliphatic hydroxyl groups excluding tert-OH is 1. The van der Waals surface area contributed by atoms with Crippen molar-refractivity contribution in [2.75, 3.05) is 13.7 Å². The molecule has 2 atom stereocenters. The molecule has 0 amide bonds. The van der Waals surface area contributed by atoms with Gasteiger partial charge in [-0.1, -0.05) is 0 Å². The third kappa shape index (κ3) is 2.54. The summed E-state index contributed by atoms with van der Waals surface area (Å²) >= 11 is 0. The Balaban J connectivity index is 2.09. The van der Waals surface area contributed by atoms with E-state index in [1.807, 2.05) is 16.4 Å². The Kier molecular flexibility index (Phi) is 3.98. The number of esters is 1. The number of β-amino-alcohol motifs (C(OH)–C–C–N with tert-alkyl or cyclic N) is 1. The van der Waals surface area contributed by atoms with Gasteiger partial charge in [0.2, 0.25) is 0 Å². The van der Waals surface area contributed by atoms with E-state index in [0.29, 0.717) is 19.5 Å². The SMILES string of the molecule is CCn1cncc1CN1CC(O)CC1C(=O)OC. The molecule has 0 aromatic carbocycles. The summed E-state index contributed by atoms with van der Waals surface area (Å²) in [4.78, 5) is 17.7. The summed E-state index contributed by atoms with van der Waals surface area (Å²) in [6.45, 7) is 3.98. The second-order valence-corrected chi connectivity index (χ2v) is 4.53. The van der Waals surface area contributed by atoms with Crippen LogP contribution in [0.25, 0.3) is 0 Å². The first-order valence-corrected chi connectivity index (χ1v) is 6.14. The lowest BCUT2D eigenvalue weighted by atomic mass is 10.2. The average molecular weight is 253 g/mol. The van der Waals surface area contributed by atoms with Crippen molar-refractivity contribution >= 4 is 5.97 Å². The van der Waals surface area contributed by atoms with Gasteiger partial charge in [0.1, 0.15) is 6.04 Å². The summed E-state index contributed by atoms with van der Waals surface area (Å²) in [5.41, 5.74) is 1.04. The summed E-state index contributed by atoms with van der Waals surface area (Å²) in [6.07, 6.45) is 3.54. The van der Waals surface area contributed by atoms with Crippen molar-refractivity contribution in [1.82, 2.24) is 14.5 Å². The van der Waals surface area contributed by atoms with E-state index in [4.69, 9.17) is 4.74 Å². The van der Waals surface area contributed by atoms with Crippen LogP contribution in [0.15, 0.2) is 12.5 Å². The normalized spacial score (nSPS) is 24.4. The number of carbonyl (C=O) groups is 1. The van der Waals surface area contributed by atoms with Crippen molar-refractivity contribution in [2.45, 2.75) is 38.6 Å². The van der Waals surface area contributed by atoms with Crippen molar-refractivity contribution in [3.05, 3.63) is 18.2 Å². The Morgan fingerprint density at radius 3 is 3.11 bits per heavy atom. The van der Waals surface area contributed by atoms with E-state index in [0.717, 1.165) is 12.2 Å². The molecule has 1 aliphatic heterocycles. The number of methoxy groups -OCH3 is 1. The molecule has 0 saturated carbocycles. The number of hydrogen-bond acceptors (Lipinski definition) is 5. The van der Waals surface area contributed by atoms with Gasteiger partial charge in [-0.3, -0.25) is 9.69 Å². The lowest BCUT2D eigenvalue weighted by Gasteiger charge is -2.22. The highest BCUT2D eigenvalue weighted by molar-refractivity contribution is 5.76. The van der Waals surface area contributed by atoms with Crippen LogP contribution in [0.4, 0.5) is 0 Å². The van der Waals surface area contributed by atoms with Gasteiger partial charge in [0, 0.05) is 32.3 Å². The minimum absolute atomic E-state index is 0.283. The summed E-state index contributed by atoms with van der Waals surface area (Å²) < 4.78 is 6.80. The van der Waals surface area contributed by atoms with Gasteiger partial charge in [-0.25, -0.2) is 4.98 Å². The second-order valence-electron chi connectivity index (χ2n) is 4.53. The van der Waals surface area contributed by atoms with Crippen LogP contribution < -0.4 is 0 Å². The number of ether oxygens (including phenoxy) is 1. The Morgan fingerprint density at radius 2 is 2.44 bits per heavy atom. The zero-order valence-corrected chi connectivity index (χ0v) is 10.7. The molecule has 1 aromatic heterocycles. The Hall–Kier alpha value is -1.40. The smallest absolute Gasteiger partial charge is 0.323 e. The molecule has 1 fully saturated rings. The number of aromatic nitrogens is 2. The molecule has 18 heavy (non-hydrogen) atoms. The number of aryl methyl sites for hydroxylation is 1. The van der Waals surface area contributed by atoms with E-state index in [-0.39, 0.29) is 12.0 Å². The number of aliphatic hydroxyl groups is 1. The van der Waals surface area contributed by atoms with Crippen molar-refractivity contribution in [2.24, 2.45) is 0 Å². The molecule has 1 saturated heterocycles. The van der Waals surface area contributed by atoms with Crippen LogP contribution in [0.2, 0.25) is 0 Å². The summed E-state index contributed by atoms with van der Waals surface area (Å²) in [5.74, 6) is -0.283. The highest BCUT2D eigenvalue weighted by atomic mass is 16.5. The first-order chi connectivity index (χ1) is 8.65. The Morgan fingerprint density at radius 1 is 1.67 bits per heavy atom. The summed E-state index contributed by atoms with van der Waals surface area (Å²) in [7, 11) is 1.38. The van der Waals surface area contributed by atoms with Crippen LogP contribution >= 0.6 is 0 Å². The lowest BCUT2D eigenvalue weighted by molar-refractivity contribution is -0.146. The summed E-state index contributed by atoms with van der Waals surface area (Å²) in [6, 6.07) is -0.356. The van der Waals surface area contributed by atoms with Gasteiger partial charge in [-0.2, -0.15) is 0 Å². The Labute approximate surface area is 106 Å². The average Bonchev–Trinajstić information content (AvgIpc) is 2.95. The van der Waals surface area contributed by atoms with E-state index >= 15 is 0 Å². The molecule has 1 aliphatic rings. The fourth-order valence-electron chi connectivity index (χ4n) is 2.41. The minimum atomic E-state index is -0.466. The third-order valence-electron chi connectivity index (χ3n) is 3.36. The first-order valence-electron chi connectivity index (χ1n) is 6.14. The van der Waals surface area contributed by atoms with Crippen LogP contribution in [0.5, 0.6) is 0 Å². The first kappa shape index (κ1) is 13.0. The number of rotatable bonds is 4. The molecule has 6 nitrogen and oxygen atoms in total. The minimum Gasteiger partial charge on any atom is -0.468 e. The Bertz CT molecular complexity index is 418. The standard InChI is InChI=1S/C12H19N3O3/c1-3-14-8-13-5-9(14)6-15-7-10(16)4-11(15)12(17)18-2/h5,8,10-11,16H,3-4,6-7H2,1-2H3. The molecule has 2 rings (SSSR count). The number of carbonyl (C=O) groups excluding carboxylic acids is 1. The van der Waals surface area contributed by atoms with Crippen LogP contribution in [0.3, 0.4) is 0 Å². The van der Waals surface area contributed by atoms with E-state index < -0.39 is 6.10 Å². The molecule has 2 unspecified atom stereocenters. The maximum atomic E-state index is 11.7. The highest BCUT2D eigenvalue weighted by Gasteiger charge is 2.36. The van der Waals surface area contributed by atoms with Gasteiger partial charge in [-0.05, 0) is 6.92 Å².